The molecule has 0 spiro atoms. The molecule has 0 fully saturated rings. The van der Waals surface area contributed by atoms with Crippen LogP contribution in [0.2, 0.25) is 0 Å². The van der Waals surface area contributed by atoms with E-state index in [4.69, 9.17) is 10.2 Å². The molecule has 0 saturated carbocycles. The van der Waals surface area contributed by atoms with Crippen molar-refractivity contribution in [3.63, 3.8) is 0 Å². The topological polar surface area (TPSA) is 74.6 Å². The molecule has 0 aromatic heterocycles. The molecular formula is C11H11BrO4. The van der Waals surface area contributed by atoms with Crippen LogP contribution in [0.5, 0.6) is 0 Å². The number of carboxylic acid groups (broad SMARTS) is 2. The maximum absolute atomic E-state index is 11.1. The number of rotatable bonds is 3. The van der Waals surface area contributed by atoms with Gasteiger partial charge in [0.2, 0.25) is 0 Å². The van der Waals surface area contributed by atoms with Crippen LogP contribution in [-0.2, 0) is 10.2 Å². The van der Waals surface area contributed by atoms with Gasteiger partial charge in [0.1, 0.15) is 0 Å². The number of hydrogen-bond donors (Lipinski definition) is 2. The highest BCUT2D eigenvalue weighted by Crippen LogP contribution is 2.31. The summed E-state index contributed by atoms with van der Waals surface area (Å²) >= 11 is 3.19. The van der Waals surface area contributed by atoms with Crippen LogP contribution in [0.15, 0.2) is 22.7 Å². The van der Waals surface area contributed by atoms with Gasteiger partial charge in [0.15, 0.2) is 0 Å². The first-order chi connectivity index (χ1) is 7.26. The monoisotopic (exact) mass is 286 g/mol. The van der Waals surface area contributed by atoms with Crippen LogP contribution in [0.1, 0.15) is 29.8 Å². The highest BCUT2D eigenvalue weighted by Gasteiger charge is 2.31. The predicted octanol–water partition coefficient (Wildman–Crippen LogP) is 2.51. The number of aliphatic carboxylic acids is 1. The Bertz CT molecular complexity index is 451. The Hall–Kier alpha value is -1.36. The Morgan fingerprint density at radius 2 is 1.81 bits per heavy atom. The predicted molar refractivity (Wildman–Crippen MR) is 61.8 cm³/mol. The van der Waals surface area contributed by atoms with Gasteiger partial charge in [-0.3, -0.25) is 4.79 Å². The smallest absolute Gasteiger partial charge is 0.335 e. The molecule has 0 bridgehead atoms. The third-order valence-corrected chi connectivity index (χ3v) is 3.08. The Balaban J connectivity index is 3.28. The molecule has 0 amide bonds. The maximum atomic E-state index is 11.1. The molecule has 1 rings (SSSR count). The van der Waals surface area contributed by atoms with Gasteiger partial charge in [0, 0.05) is 4.47 Å². The zero-order valence-electron chi connectivity index (χ0n) is 8.82. The van der Waals surface area contributed by atoms with E-state index >= 15 is 0 Å². The molecule has 0 radical (unpaired) electrons. The summed E-state index contributed by atoms with van der Waals surface area (Å²) in [5.41, 5.74) is -0.391. The molecule has 1 aromatic rings. The number of aromatic carboxylic acids is 1. The van der Waals surface area contributed by atoms with E-state index in [0.29, 0.717) is 10.0 Å². The fourth-order valence-corrected chi connectivity index (χ4v) is 2.14. The molecule has 5 heteroatoms. The van der Waals surface area contributed by atoms with Crippen molar-refractivity contribution in [2.75, 3.05) is 0 Å². The lowest BCUT2D eigenvalue weighted by Gasteiger charge is -2.21. The van der Waals surface area contributed by atoms with Gasteiger partial charge in [0.05, 0.1) is 11.0 Å². The highest BCUT2D eigenvalue weighted by atomic mass is 79.9. The number of hydrogen-bond acceptors (Lipinski definition) is 2. The Kier molecular flexibility index (Phi) is 3.38. The van der Waals surface area contributed by atoms with Gasteiger partial charge < -0.3 is 10.2 Å². The SMILES string of the molecule is CC(C)(C(=O)O)c1ccc(C(=O)O)cc1Br. The van der Waals surface area contributed by atoms with Crippen molar-refractivity contribution in [1.82, 2.24) is 0 Å². The lowest BCUT2D eigenvalue weighted by Crippen LogP contribution is -2.29. The van der Waals surface area contributed by atoms with Gasteiger partial charge >= 0.3 is 11.9 Å². The van der Waals surface area contributed by atoms with Gasteiger partial charge in [0.25, 0.3) is 0 Å². The quantitative estimate of drug-likeness (QED) is 0.895. The second-order valence-electron chi connectivity index (χ2n) is 3.93. The molecule has 0 heterocycles. The molecular weight excluding hydrogens is 276 g/mol. The van der Waals surface area contributed by atoms with Crippen molar-refractivity contribution in [1.29, 1.82) is 0 Å². The Morgan fingerprint density at radius 3 is 2.19 bits per heavy atom. The third-order valence-electron chi connectivity index (χ3n) is 2.42. The van der Waals surface area contributed by atoms with Crippen molar-refractivity contribution in [3.8, 4) is 0 Å². The van der Waals surface area contributed by atoms with E-state index in [1.54, 1.807) is 13.8 Å². The zero-order chi connectivity index (χ0) is 12.5. The van der Waals surface area contributed by atoms with E-state index in [-0.39, 0.29) is 5.56 Å². The number of halogens is 1. The normalized spacial score (nSPS) is 11.2. The molecule has 4 nitrogen and oxygen atoms in total. The van der Waals surface area contributed by atoms with E-state index in [0.717, 1.165) is 0 Å². The van der Waals surface area contributed by atoms with E-state index in [1.807, 2.05) is 0 Å². The summed E-state index contributed by atoms with van der Waals surface area (Å²) in [5, 5.41) is 17.8. The average molecular weight is 287 g/mol. The van der Waals surface area contributed by atoms with E-state index < -0.39 is 17.4 Å². The summed E-state index contributed by atoms with van der Waals surface area (Å²) in [6.07, 6.45) is 0. The second-order valence-corrected chi connectivity index (χ2v) is 4.78. The molecule has 0 aliphatic carbocycles. The minimum atomic E-state index is -1.06. The third kappa shape index (κ3) is 2.24. The first kappa shape index (κ1) is 12.7. The molecule has 0 saturated heterocycles. The first-order valence-corrected chi connectivity index (χ1v) is 5.33. The Labute approximate surface area is 101 Å². The van der Waals surface area contributed by atoms with E-state index in [9.17, 15) is 9.59 Å². The molecule has 0 aliphatic rings. The fourth-order valence-electron chi connectivity index (χ4n) is 1.27. The average Bonchev–Trinajstić information content (AvgIpc) is 2.16. The second kappa shape index (κ2) is 4.25. The largest absolute Gasteiger partial charge is 0.481 e. The number of carbonyl (C=O) groups is 2. The lowest BCUT2D eigenvalue weighted by molar-refractivity contribution is -0.142. The van der Waals surface area contributed by atoms with Gasteiger partial charge in [-0.25, -0.2) is 4.79 Å². The summed E-state index contributed by atoms with van der Waals surface area (Å²) in [5.74, 6) is -2.00. The van der Waals surface area contributed by atoms with Crippen molar-refractivity contribution < 1.29 is 19.8 Å². The highest BCUT2D eigenvalue weighted by molar-refractivity contribution is 9.10. The number of carboxylic acids is 2. The molecule has 1 aromatic carbocycles. The minimum Gasteiger partial charge on any atom is -0.481 e. The van der Waals surface area contributed by atoms with Crippen LogP contribution >= 0.6 is 15.9 Å². The molecule has 86 valence electrons. The van der Waals surface area contributed by atoms with Crippen LogP contribution in [0.3, 0.4) is 0 Å². The first-order valence-electron chi connectivity index (χ1n) is 4.53. The van der Waals surface area contributed by atoms with Crippen LogP contribution in [-0.4, -0.2) is 22.2 Å². The maximum Gasteiger partial charge on any atom is 0.335 e. The van der Waals surface area contributed by atoms with Crippen LogP contribution < -0.4 is 0 Å². The summed E-state index contributed by atoms with van der Waals surface area (Å²) in [6, 6.07) is 4.32. The van der Waals surface area contributed by atoms with Crippen molar-refractivity contribution in [2.45, 2.75) is 19.3 Å². The molecule has 0 unspecified atom stereocenters. The van der Waals surface area contributed by atoms with E-state index in [1.165, 1.54) is 18.2 Å². The fraction of sp³-hybridized carbons (Fsp3) is 0.273. The van der Waals surface area contributed by atoms with Gasteiger partial charge in [-0.15, -0.1) is 0 Å². The molecule has 2 N–H and O–H groups in total. The van der Waals surface area contributed by atoms with Crippen LogP contribution in [0.4, 0.5) is 0 Å². The standard InChI is InChI=1S/C11H11BrO4/c1-11(2,10(15)16)7-4-3-6(9(13)14)5-8(7)12/h3-5H,1-2H3,(H,13,14)(H,15,16). The molecule has 16 heavy (non-hydrogen) atoms. The van der Waals surface area contributed by atoms with Crippen molar-refractivity contribution >= 4 is 27.9 Å². The summed E-state index contributed by atoms with van der Waals surface area (Å²) in [7, 11) is 0. The van der Waals surface area contributed by atoms with Crippen LogP contribution in [0, 0.1) is 0 Å². The van der Waals surface area contributed by atoms with Gasteiger partial charge in [-0.05, 0) is 31.5 Å². The summed E-state index contributed by atoms with van der Waals surface area (Å²) < 4.78 is 0.486. The molecule has 0 aliphatic heterocycles. The number of benzene rings is 1. The Morgan fingerprint density at radius 1 is 1.25 bits per heavy atom. The van der Waals surface area contributed by atoms with Gasteiger partial charge in [-0.2, -0.15) is 0 Å². The van der Waals surface area contributed by atoms with Crippen molar-refractivity contribution in [3.05, 3.63) is 33.8 Å². The summed E-state index contributed by atoms with van der Waals surface area (Å²) in [4.78, 5) is 21.8. The minimum absolute atomic E-state index is 0.122. The summed E-state index contributed by atoms with van der Waals surface area (Å²) in [6.45, 7) is 3.13. The van der Waals surface area contributed by atoms with Crippen LogP contribution in [0.25, 0.3) is 0 Å². The van der Waals surface area contributed by atoms with Crippen molar-refractivity contribution in [2.24, 2.45) is 0 Å². The molecule has 0 atom stereocenters. The van der Waals surface area contributed by atoms with E-state index in [2.05, 4.69) is 15.9 Å². The lowest BCUT2D eigenvalue weighted by atomic mass is 9.84. The van der Waals surface area contributed by atoms with Gasteiger partial charge in [-0.1, -0.05) is 22.0 Å². The zero-order valence-corrected chi connectivity index (χ0v) is 10.4.